The molecule has 1 aliphatic heterocycles. The third-order valence-electron chi connectivity index (χ3n) is 5.85. The molecule has 0 spiro atoms. The van der Waals surface area contributed by atoms with Crippen LogP contribution in [0.25, 0.3) is 0 Å². The van der Waals surface area contributed by atoms with E-state index in [-0.39, 0.29) is 11.3 Å². The van der Waals surface area contributed by atoms with Crippen molar-refractivity contribution in [3.05, 3.63) is 94.8 Å². The van der Waals surface area contributed by atoms with E-state index in [1.54, 1.807) is 24.3 Å². The number of carbonyl (C=O) groups is 1. The van der Waals surface area contributed by atoms with Crippen molar-refractivity contribution in [2.75, 3.05) is 26.2 Å². The molecular formula is C26H25F3N2O3. The number of nitrogens with zero attached hydrogens (tertiary/aromatic N) is 2. The summed E-state index contributed by atoms with van der Waals surface area (Å²) in [6.45, 7) is 5.24. The second kappa shape index (κ2) is 10.7. The molecule has 1 aliphatic rings. The average Bonchev–Trinajstić information content (AvgIpc) is 3.06. The number of carboxylic acid groups (broad SMARTS) is 1. The van der Waals surface area contributed by atoms with E-state index in [0.29, 0.717) is 5.75 Å². The predicted octanol–water partition coefficient (Wildman–Crippen LogP) is 5.30. The van der Waals surface area contributed by atoms with Gasteiger partial charge in [-0.15, -0.1) is 0 Å². The van der Waals surface area contributed by atoms with Crippen LogP contribution in [-0.4, -0.2) is 47.1 Å². The molecule has 178 valence electrons. The van der Waals surface area contributed by atoms with E-state index in [0.717, 1.165) is 68.9 Å². The molecule has 8 heteroatoms. The van der Waals surface area contributed by atoms with Crippen LogP contribution >= 0.6 is 0 Å². The van der Waals surface area contributed by atoms with Gasteiger partial charge in [-0.2, -0.15) is 4.39 Å². The van der Waals surface area contributed by atoms with Gasteiger partial charge in [-0.1, -0.05) is 24.3 Å². The molecule has 3 aromatic rings. The summed E-state index contributed by atoms with van der Waals surface area (Å²) in [5.41, 5.74) is 2.44. The monoisotopic (exact) mass is 470 g/mol. The minimum absolute atomic E-state index is 0.289. The topological polar surface area (TPSA) is 53.0 Å². The molecule has 0 saturated carbocycles. The minimum atomic E-state index is -1.55. The van der Waals surface area contributed by atoms with Crippen LogP contribution in [0, 0.1) is 17.5 Å². The Morgan fingerprint density at radius 3 is 1.88 bits per heavy atom. The zero-order chi connectivity index (χ0) is 24.1. The van der Waals surface area contributed by atoms with E-state index in [2.05, 4.69) is 9.80 Å². The molecule has 0 aliphatic carbocycles. The highest BCUT2D eigenvalue weighted by Gasteiger charge is 2.17. The normalized spacial score (nSPS) is 15.1. The smallest absolute Gasteiger partial charge is 0.335 e. The molecule has 1 saturated heterocycles. The fourth-order valence-electron chi connectivity index (χ4n) is 3.99. The number of hydrogen-bond donors (Lipinski definition) is 1. The summed E-state index contributed by atoms with van der Waals surface area (Å²) in [4.78, 5) is 15.7. The largest absolute Gasteiger partial charge is 0.478 e. The lowest BCUT2D eigenvalue weighted by Crippen LogP contribution is -2.30. The molecule has 0 aromatic heterocycles. The maximum absolute atomic E-state index is 13.8. The van der Waals surface area contributed by atoms with Gasteiger partial charge < -0.3 is 9.84 Å². The van der Waals surface area contributed by atoms with Crippen molar-refractivity contribution in [2.24, 2.45) is 0 Å². The van der Waals surface area contributed by atoms with Gasteiger partial charge in [0.1, 0.15) is 5.75 Å². The van der Waals surface area contributed by atoms with Crippen LogP contribution in [0.15, 0.2) is 60.7 Å². The van der Waals surface area contributed by atoms with Crippen molar-refractivity contribution in [3.8, 4) is 11.5 Å². The summed E-state index contributed by atoms with van der Waals surface area (Å²) in [5, 5.41) is 9.03. The van der Waals surface area contributed by atoms with Crippen molar-refractivity contribution >= 4 is 5.97 Å². The lowest BCUT2D eigenvalue weighted by molar-refractivity contribution is 0.0697. The third-order valence-corrected chi connectivity index (χ3v) is 5.85. The van der Waals surface area contributed by atoms with E-state index in [1.807, 2.05) is 24.3 Å². The van der Waals surface area contributed by atoms with Gasteiger partial charge in [0.25, 0.3) is 0 Å². The summed E-state index contributed by atoms with van der Waals surface area (Å²) < 4.78 is 45.7. The van der Waals surface area contributed by atoms with Crippen LogP contribution in [-0.2, 0) is 13.1 Å². The predicted molar refractivity (Wildman–Crippen MR) is 121 cm³/mol. The number of rotatable bonds is 7. The first-order valence-electron chi connectivity index (χ1n) is 11.1. The second-order valence-corrected chi connectivity index (χ2v) is 8.33. The third kappa shape index (κ3) is 5.95. The maximum atomic E-state index is 13.8. The Balaban J connectivity index is 1.29. The second-order valence-electron chi connectivity index (χ2n) is 8.33. The molecule has 1 heterocycles. The number of ether oxygens (including phenoxy) is 1. The van der Waals surface area contributed by atoms with Crippen LogP contribution < -0.4 is 4.74 Å². The van der Waals surface area contributed by atoms with Gasteiger partial charge in [0.05, 0.1) is 5.56 Å². The van der Waals surface area contributed by atoms with Crippen molar-refractivity contribution in [1.82, 2.24) is 9.80 Å². The van der Waals surface area contributed by atoms with Gasteiger partial charge >= 0.3 is 5.97 Å². The molecule has 4 rings (SSSR count). The summed E-state index contributed by atoms with van der Waals surface area (Å²) in [6.07, 6.45) is 1.02. The molecule has 1 N–H and O–H groups in total. The fraction of sp³-hybridized carbons (Fsp3) is 0.269. The lowest BCUT2D eigenvalue weighted by atomic mass is 10.1. The molecule has 0 amide bonds. The Bertz CT molecular complexity index is 1140. The number of benzene rings is 3. The van der Waals surface area contributed by atoms with Crippen LogP contribution in [0.5, 0.6) is 11.5 Å². The van der Waals surface area contributed by atoms with E-state index >= 15 is 0 Å². The minimum Gasteiger partial charge on any atom is -0.478 e. The highest BCUT2D eigenvalue weighted by molar-refractivity contribution is 5.87. The van der Waals surface area contributed by atoms with Gasteiger partial charge in [0.2, 0.25) is 5.82 Å². The zero-order valence-corrected chi connectivity index (χ0v) is 18.5. The molecular weight excluding hydrogens is 445 g/mol. The van der Waals surface area contributed by atoms with Gasteiger partial charge in [0, 0.05) is 26.2 Å². The van der Waals surface area contributed by atoms with Crippen molar-refractivity contribution in [2.45, 2.75) is 19.5 Å². The van der Waals surface area contributed by atoms with Crippen molar-refractivity contribution < 1.29 is 27.8 Å². The van der Waals surface area contributed by atoms with E-state index in [9.17, 15) is 18.0 Å². The summed E-state index contributed by atoms with van der Waals surface area (Å²) >= 11 is 0. The molecule has 0 unspecified atom stereocenters. The maximum Gasteiger partial charge on any atom is 0.335 e. The van der Waals surface area contributed by atoms with Crippen molar-refractivity contribution in [1.29, 1.82) is 0 Å². The van der Waals surface area contributed by atoms with Gasteiger partial charge in [0.15, 0.2) is 17.4 Å². The van der Waals surface area contributed by atoms with Crippen LogP contribution in [0.2, 0.25) is 0 Å². The van der Waals surface area contributed by atoms with Crippen LogP contribution in [0.1, 0.15) is 27.9 Å². The fourth-order valence-corrected chi connectivity index (χ4v) is 3.99. The molecule has 5 nitrogen and oxygen atoms in total. The van der Waals surface area contributed by atoms with Gasteiger partial charge in [-0.05, 0) is 67.0 Å². The van der Waals surface area contributed by atoms with Crippen LogP contribution in [0.3, 0.4) is 0 Å². The quantitative estimate of drug-likeness (QED) is 0.475. The Labute approximate surface area is 196 Å². The molecule has 0 bridgehead atoms. The molecule has 0 radical (unpaired) electrons. The Morgan fingerprint density at radius 2 is 1.32 bits per heavy atom. The number of hydrogen-bond acceptors (Lipinski definition) is 4. The van der Waals surface area contributed by atoms with E-state index in [4.69, 9.17) is 9.84 Å². The average molecular weight is 470 g/mol. The number of halogens is 3. The van der Waals surface area contributed by atoms with Crippen LogP contribution in [0.4, 0.5) is 13.2 Å². The Morgan fingerprint density at radius 1 is 0.765 bits per heavy atom. The summed E-state index contributed by atoms with van der Waals surface area (Å²) in [6, 6.07) is 16.0. The first-order chi connectivity index (χ1) is 16.4. The molecule has 34 heavy (non-hydrogen) atoms. The number of carboxylic acids is 1. The molecule has 1 fully saturated rings. The summed E-state index contributed by atoms with van der Waals surface area (Å²) in [5.74, 6) is -5.11. The zero-order valence-electron chi connectivity index (χ0n) is 18.5. The van der Waals surface area contributed by atoms with Crippen molar-refractivity contribution in [3.63, 3.8) is 0 Å². The molecule has 0 atom stereocenters. The van der Waals surface area contributed by atoms with E-state index < -0.39 is 23.4 Å². The highest BCUT2D eigenvalue weighted by Crippen LogP contribution is 2.27. The lowest BCUT2D eigenvalue weighted by Gasteiger charge is -2.22. The van der Waals surface area contributed by atoms with Gasteiger partial charge in [-0.25, -0.2) is 13.6 Å². The molecule has 3 aromatic carbocycles. The van der Waals surface area contributed by atoms with Gasteiger partial charge in [-0.3, -0.25) is 9.80 Å². The SMILES string of the molecule is O=C(O)c1ccc(CN2CCCN(Cc3ccc(Oc4ccc(F)c(F)c4F)cc3)CC2)cc1. The Hall–Kier alpha value is -3.36. The highest BCUT2D eigenvalue weighted by atomic mass is 19.2. The van der Waals surface area contributed by atoms with E-state index in [1.165, 1.54) is 0 Å². The number of aromatic carboxylic acids is 1. The Kier molecular flexibility index (Phi) is 7.49. The standard InChI is InChI=1S/C26H25F3N2O3/c27-22-10-11-23(25(29)24(22)28)34-21-8-4-19(5-9-21)17-31-13-1-12-30(14-15-31)16-18-2-6-20(7-3-18)26(32)33/h2-11H,1,12-17H2,(H,32,33). The summed E-state index contributed by atoms with van der Waals surface area (Å²) in [7, 11) is 0. The first kappa shape index (κ1) is 23.8. The first-order valence-corrected chi connectivity index (χ1v) is 11.1.